The van der Waals surface area contributed by atoms with E-state index in [9.17, 15) is 0 Å². The van der Waals surface area contributed by atoms with Crippen LogP contribution in [0.15, 0.2) is 0 Å². The quantitative estimate of drug-likeness (QED) is 0.722. The Labute approximate surface area is 104 Å². The molecule has 2 atom stereocenters. The highest BCUT2D eigenvalue weighted by atomic mass is 32.2. The number of ether oxygens (including phenoxy) is 1. The summed E-state index contributed by atoms with van der Waals surface area (Å²) in [7, 11) is 2.19. The van der Waals surface area contributed by atoms with Gasteiger partial charge in [0.25, 0.3) is 0 Å². The van der Waals surface area contributed by atoms with Gasteiger partial charge in [0.05, 0.1) is 6.61 Å². The average Bonchev–Trinajstić information content (AvgIpc) is 2.30. The Morgan fingerprint density at radius 1 is 1.56 bits per heavy atom. The Kier molecular flexibility index (Phi) is 6.11. The molecule has 0 amide bonds. The van der Waals surface area contributed by atoms with Gasteiger partial charge in [0, 0.05) is 30.5 Å². The maximum Gasteiger partial charge on any atom is 0.0593 e. The number of likely N-dealkylation sites (N-methyl/N-ethyl adjacent to an activating group) is 1. The molecule has 0 aromatic rings. The van der Waals surface area contributed by atoms with Crippen molar-refractivity contribution in [2.24, 2.45) is 5.73 Å². The number of hydrogen-bond acceptors (Lipinski definition) is 4. The van der Waals surface area contributed by atoms with Gasteiger partial charge in [0.15, 0.2) is 0 Å². The Morgan fingerprint density at radius 3 is 2.88 bits per heavy atom. The fourth-order valence-corrected chi connectivity index (χ4v) is 3.86. The zero-order valence-corrected chi connectivity index (χ0v) is 11.7. The maximum absolute atomic E-state index is 6.04. The summed E-state index contributed by atoms with van der Waals surface area (Å²) < 4.78 is 5.43. The van der Waals surface area contributed by atoms with Crippen molar-refractivity contribution in [3.8, 4) is 0 Å². The van der Waals surface area contributed by atoms with Crippen LogP contribution in [0.5, 0.6) is 0 Å². The highest BCUT2D eigenvalue weighted by Gasteiger charge is 2.40. The Balaban J connectivity index is 2.55. The number of thioether (sulfide) groups is 1. The van der Waals surface area contributed by atoms with Crippen LogP contribution < -0.4 is 5.73 Å². The molecule has 0 saturated carbocycles. The predicted molar refractivity (Wildman–Crippen MR) is 72.1 cm³/mol. The number of hydrogen-bond donors (Lipinski definition) is 1. The normalized spacial score (nSPS) is 30.9. The SMILES string of the molecule is CCOCCN(C)C1(CN)CCCSC1C. The second-order valence-electron chi connectivity index (χ2n) is 4.54. The zero-order valence-electron chi connectivity index (χ0n) is 10.9. The van der Waals surface area contributed by atoms with E-state index in [0.717, 1.165) is 26.3 Å². The van der Waals surface area contributed by atoms with Gasteiger partial charge in [-0.05, 0) is 32.6 Å². The summed E-state index contributed by atoms with van der Waals surface area (Å²) in [6.45, 7) is 7.70. The molecule has 1 saturated heterocycles. The molecule has 96 valence electrons. The van der Waals surface area contributed by atoms with E-state index in [1.165, 1.54) is 18.6 Å². The molecule has 2 N–H and O–H groups in total. The third-order valence-electron chi connectivity index (χ3n) is 3.77. The van der Waals surface area contributed by atoms with Gasteiger partial charge in [0.1, 0.15) is 0 Å². The van der Waals surface area contributed by atoms with E-state index < -0.39 is 0 Å². The van der Waals surface area contributed by atoms with E-state index in [-0.39, 0.29) is 5.54 Å². The van der Waals surface area contributed by atoms with Gasteiger partial charge in [0.2, 0.25) is 0 Å². The minimum Gasteiger partial charge on any atom is -0.380 e. The third-order valence-corrected chi connectivity index (χ3v) is 5.23. The van der Waals surface area contributed by atoms with Gasteiger partial charge in [-0.3, -0.25) is 4.90 Å². The van der Waals surface area contributed by atoms with Crippen molar-refractivity contribution in [1.29, 1.82) is 0 Å². The van der Waals surface area contributed by atoms with Crippen molar-refractivity contribution in [2.45, 2.75) is 37.5 Å². The molecule has 1 heterocycles. The van der Waals surface area contributed by atoms with Crippen molar-refractivity contribution >= 4 is 11.8 Å². The van der Waals surface area contributed by atoms with Crippen LogP contribution >= 0.6 is 11.8 Å². The van der Waals surface area contributed by atoms with Gasteiger partial charge in [-0.25, -0.2) is 0 Å². The summed E-state index contributed by atoms with van der Waals surface area (Å²) in [6, 6.07) is 0. The van der Waals surface area contributed by atoms with Crippen molar-refractivity contribution in [1.82, 2.24) is 4.90 Å². The molecule has 0 bridgehead atoms. The summed E-state index contributed by atoms with van der Waals surface area (Å²) in [5, 5.41) is 0.623. The molecule has 4 heteroatoms. The second kappa shape index (κ2) is 6.84. The van der Waals surface area contributed by atoms with Crippen LogP contribution in [0.4, 0.5) is 0 Å². The molecule has 0 spiro atoms. The highest BCUT2D eigenvalue weighted by Crippen LogP contribution is 2.37. The summed E-state index contributed by atoms with van der Waals surface area (Å²) >= 11 is 2.05. The van der Waals surface area contributed by atoms with Gasteiger partial charge in [-0.15, -0.1) is 0 Å². The zero-order chi connectivity index (χ0) is 12.0. The Morgan fingerprint density at radius 2 is 2.31 bits per heavy atom. The minimum absolute atomic E-state index is 0.181. The van der Waals surface area contributed by atoms with Gasteiger partial charge in [-0.1, -0.05) is 6.92 Å². The molecular formula is C12H26N2OS. The summed E-state index contributed by atoms with van der Waals surface area (Å²) in [5.74, 6) is 1.28. The molecule has 0 radical (unpaired) electrons. The topological polar surface area (TPSA) is 38.5 Å². The van der Waals surface area contributed by atoms with Crippen molar-refractivity contribution < 1.29 is 4.74 Å². The minimum atomic E-state index is 0.181. The molecule has 2 unspecified atom stereocenters. The summed E-state index contributed by atoms with van der Waals surface area (Å²) in [4.78, 5) is 2.42. The first-order valence-corrected chi connectivity index (χ1v) is 7.33. The lowest BCUT2D eigenvalue weighted by molar-refractivity contribution is 0.0610. The van der Waals surface area contributed by atoms with Crippen molar-refractivity contribution in [3.63, 3.8) is 0 Å². The standard InChI is InChI=1S/C12H26N2OS/c1-4-15-8-7-14(3)12(10-13)6-5-9-16-11(12)2/h11H,4-10,13H2,1-3H3. The van der Waals surface area contributed by atoms with Gasteiger partial charge < -0.3 is 10.5 Å². The van der Waals surface area contributed by atoms with Crippen LogP contribution in [0.1, 0.15) is 26.7 Å². The van der Waals surface area contributed by atoms with Crippen molar-refractivity contribution in [2.75, 3.05) is 39.1 Å². The lowest BCUT2D eigenvalue weighted by Gasteiger charge is -2.48. The van der Waals surface area contributed by atoms with Crippen LogP contribution in [0.25, 0.3) is 0 Å². The summed E-state index contributed by atoms with van der Waals surface area (Å²) in [5.41, 5.74) is 6.22. The second-order valence-corrected chi connectivity index (χ2v) is 5.99. The average molecular weight is 246 g/mol. The van der Waals surface area contributed by atoms with Crippen LogP contribution in [-0.4, -0.2) is 54.8 Å². The van der Waals surface area contributed by atoms with E-state index in [4.69, 9.17) is 10.5 Å². The number of nitrogens with two attached hydrogens (primary N) is 1. The smallest absolute Gasteiger partial charge is 0.0593 e. The highest BCUT2D eigenvalue weighted by molar-refractivity contribution is 8.00. The molecule has 0 aliphatic carbocycles. The Bertz CT molecular complexity index is 203. The molecule has 0 aromatic heterocycles. The first-order chi connectivity index (χ1) is 7.67. The van der Waals surface area contributed by atoms with E-state index in [2.05, 4.69) is 30.6 Å². The fraction of sp³-hybridized carbons (Fsp3) is 1.00. The largest absolute Gasteiger partial charge is 0.380 e. The first kappa shape index (κ1) is 14.3. The maximum atomic E-state index is 6.04. The van der Waals surface area contributed by atoms with E-state index in [0.29, 0.717) is 5.25 Å². The molecule has 3 nitrogen and oxygen atoms in total. The van der Waals surface area contributed by atoms with Crippen LogP contribution in [-0.2, 0) is 4.74 Å². The lowest BCUT2D eigenvalue weighted by atomic mass is 9.88. The molecule has 16 heavy (non-hydrogen) atoms. The number of nitrogens with zero attached hydrogens (tertiary/aromatic N) is 1. The fourth-order valence-electron chi connectivity index (χ4n) is 2.49. The van der Waals surface area contributed by atoms with Crippen molar-refractivity contribution in [3.05, 3.63) is 0 Å². The monoisotopic (exact) mass is 246 g/mol. The molecule has 1 aliphatic heterocycles. The molecule has 1 aliphatic rings. The van der Waals surface area contributed by atoms with E-state index in [1.54, 1.807) is 0 Å². The molecule has 1 fully saturated rings. The predicted octanol–water partition coefficient (Wildman–Crippen LogP) is 1.57. The van der Waals surface area contributed by atoms with Gasteiger partial charge >= 0.3 is 0 Å². The molecule has 0 aromatic carbocycles. The molecular weight excluding hydrogens is 220 g/mol. The van der Waals surface area contributed by atoms with E-state index >= 15 is 0 Å². The van der Waals surface area contributed by atoms with E-state index in [1.807, 2.05) is 6.92 Å². The Hall–Kier alpha value is 0.230. The summed E-state index contributed by atoms with van der Waals surface area (Å²) in [6.07, 6.45) is 2.51. The number of rotatable bonds is 6. The van der Waals surface area contributed by atoms with Crippen LogP contribution in [0.3, 0.4) is 0 Å². The third kappa shape index (κ3) is 3.13. The first-order valence-electron chi connectivity index (χ1n) is 6.28. The van der Waals surface area contributed by atoms with Crippen LogP contribution in [0, 0.1) is 0 Å². The lowest BCUT2D eigenvalue weighted by Crippen LogP contribution is -2.60. The van der Waals surface area contributed by atoms with Gasteiger partial charge in [-0.2, -0.15) is 11.8 Å². The molecule has 1 rings (SSSR count). The van der Waals surface area contributed by atoms with Crippen LogP contribution in [0.2, 0.25) is 0 Å².